The summed E-state index contributed by atoms with van der Waals surface area (Å²) in [5.41, 5.74) is 12.9. The van der Waals surface area contributed by atoms with E-state index in [0.29, 0.717) is 29.4 Å². The van der Waals surface area contributed by atoms with Crippen molar-refractivity contribution >= 4 is 11.6 Å². The Morgan fingerprint density at radius 1 is 1.10 bits per heavy atom. The summed E-state index contributed by atoms with van der Waals surface area (Å²) < 4.78 is 10.9. The van der Waals surface area contributed by atoms with Gasteiger partial charge in [0.2, 0.25) is 5.91 Å². The van der Waals surface area contributed by atoms with Gasteiger partial charge in [-0.15, -0.1) is 0 Å². The fraction of sp³-hybridized carbons (Fsp3) is 0.133. The van der Waals surface area contributed by atoms with Gasteiger partial charge in [0.1, 0.15) is 6.61 Å². The highest BCUT2D eigenvalue weighted by Gasteiger charge is 2.05. The Bertz CT molecular complexity index is 609. The molecule has 0 saturated carbocycles. The number of ether oxygens (including phenoxy) is 2. The molecule has 0 aliphatic rings. The first-order valence-electron chi connectivity index (χ1n) is 6.05. The summed E-state index contributed by atoms with van der Waals surface area (Å²) in [5.74, 6) is 0.747. The molecule has 4 N–H and O–H groups in total. The van der Waals surface area contributed by atoms with Gasteiger partial charge in [-0.1, -0.05) is 12.1 Å². The number of benzene rings is 2. The van der Waals surface area contributed by atoms with E-state index in [1.807, 2.05) is 0 Å². The van der Waals surface area contributed by atoms with E-state index >= 15 is 0 Å². The first kappa shape index (κ1) is 13.7. The monoisotopic (exact) mass is 272 g/mol. The number of primary amides is 1. The largest absolute Gasteiger partial charge is 0.493 e. The molecule has 0 heterocycles. The number of carbonyl (C=O) groups is 1. The average Bonchev–Trinajstić information content (AvgIpc) is 2.46. The van der Waals surface area contributed by atoms with Gasteiger partial charge < -0.3 is 20.9 Å². The number of nitrogens with two attached hydrogens (primary N) is 2. The summed E-state index contributed by atoms with van der Waals surface area (Å²) >= 11 is 0. The van der Waals surface area contributed by atoms with Gasteiger partial charge in [0.25, 0.3) is 0 Å². The highest BCUT2D eigenvalue weighted by Crippen LogP contribution is 2.29. The number of nitrogen functional groups attached to an aromatic ring is 1. The minimum absolute atomic E-state index is 0.360. The highest BCUT2D eigenvalue weighted by molar-refractivity contribution is 5.92. The minimum Gasteiger partial charge on any atom is -0.493 e. The number of anilines is 1. The third kappa shape index (κ3) is 3.20. The Morgan fingerprint density at radius 3 is 2.40 bits per heavy atom. The third-order valence-electron chi connectivity index (χ3n) is 2.82. The summed E-state index contributed by atoms with van der Waals surface area (Å²) in [6.07, 6.45) is 0. The number of carbonyl (C=O) groups excluding carboxylic acids is 1. The number of hydrogen-bond acceptors (Lipinski definition) is 4. The minimum atomic E-state index is -0.447. The lowest BCUT2D eigenvalue weighted by molar-refractivity contribution is 0.1000. The van der Waals surface area contributed by atoms with E-state index in [-0.39, 0.29) is 0 Å². The van der Waals surface area contributed by atoms with Gasteiger partial charge in [-0.3, -0.25) is 4.79 Å². The van der Waals surface area contributed by atoms with Crippen molar-refractivity contribution in [3.8, 4) is 11.5 Å². The summed E-state index contributed by atoms with van der Waals surface area (Å²) in [4.78, 5) is 11.0. The maximum atomic E-state index is 11.0. The predicted molar refractivity (Wildman–Crippen MR) is 76.7 cm³/mol. The van der Waals surface area contributed by atoms with Crippen LogP contribution in [0.2, 0.25) is 0 Å². The van der Waals surface area contributed by atoms with Crippen LogP contribution in [-0.4, -0.2) is 13.0 Å². The van der Waals surface area contributed by atoms with E-state index in [2.05, 4.69) is 0 Å². The topological polar surface area (TPSA) is 87.6 Å². The highest BCUT2D eigenvalue weighted by atomic mass is 16.5. The van der Waals surface area contributed by atoms with Gasteiger partial charge >= 0.3 is 0 Å². The van der Waals surface area contributed by atoms with Crippen LogP contribution >= 0.6 is 0 Å². The van der Waals surface area contributed by atoms with Crippen LogP contribution in [-0.2, 0) is 6.61 Å². The molecule has 104 valence electrons. The van der Waals surface area contributed by atoms with Crippen LogP contribution in [0.4, 0.5) is 5.69 Å². The van der Waals surface area contributed by atoms with Crippen molar-refractivity contribution in [1.82, 2.24) is 0 Å². The molecule has 0 unspecified atom stereocenters. The van der Waals surface area contributed by atoms with Crippen molar-refractivity contribution in [3.05, 3.63) is 53.6 Å². The molecule has 0 aliphatic heterocycles. The van der Waals surface area contributed by atoms with Gasteiger partial charge in [-0.25, -0.2) is 0 Å². The lowest BCUT2D eigenvalue weighted by atomic mass is 10.1. The number of amides is 1. The molecular formula is C15H16N2O3. The Balaban J connectivity index is 2.06. The van der Waals surface area contributed by atoms with Crippen molar-refractivity contribution < 1.29 is 14.3 Å². The zero-order chi connectivity index (χ0) is 14.5. The van der Waals surface area contributed by atoms with E-state index in [1.165, 1.54) is 0 Å². The van der Waals surface area contributed by atoms with Crippen LogP contribution in [0.1, 0.15) is 15.9 Å². The van der Waals surface area contributed by atoms with Crippen molar-refractivity contribution in [2.75, 3.05) is 12.8 Å². The first-order valence-corrected chi connectivity index (χ1v) is 6.05. The Kier molecular flexibility index (Phi) is 4.10. The second-order valence-electron chi connectivity index (χ2n) is 4.26. The first-order chi connectivity index (χ1) is 9.60. The number of methoxy groups -OCH3 is 1. The molecule has 0 aliphatic carbocycles. The lowest BCUT2D eigenvalue weighted by Crippen LogP contribution is -2.10. The molecule has 1 amide bonds. The summed E-state index contributed by atoms with van der Waals surface area (Å²) in [6, 6.07) is 12.1. The molecule has 2 rings (SSSR count). The third-order valence-corrected chi connectivity index (χ3v) is 2.82. The zero-order valence-corrected chi connectivity index (χ0v) is 11.1. The molecular weight excluding hydrogens is 256 g/mol. The number of rotatable bonds is 5. The van der Waals surface area contributed by atoms with E-state index in [1.54, 1.807) is 49.6 Å². The van der Waals surface area contributed by atoms with Gasteiger partial charge in [0.15, 0.2) is 11.5 Å². The van der Waals surface area contributed by atoms with E-state index in [4.69, 9.17) is 20.9 Å². The maximum Gasteiger partial charge on any atom is 0.248 e. The molecule has 2 aromatic carbocycles. The smallest absolute Gasteiger partial charge is 0.248 e. The second kappa shape index (κ2) is 5.97. The Labute approximate surface area is 117 Å². The van der Waals surface area contributed by atoms with Gasteiger partial charge in [0.05, 0.1) is 7.11 Å². The summed E-state index contributed by atoms with van der Waals surface area (Å²) in [5, 5.41) is 0. The van der Waals surface area contributed by atoms with Crippen LogP contribution in [0, 0.1) is 0 Å². The van der Waals surface area contributed by atoms with Crippen molar-refractivity contribution in [1.29, 1.82) is 0 Å². The number of hydrogen-bond donors (Lipinski definition) is 2. The van der Waals surface area contributed by atoms with Crippen LogP contribution in [0.25, 0.3) is 0 Å². The molecule has 5 nitrogen and oxygen atoms in total. The molecule has 0 fully saturated rings. The van der Waals surface area contributed by atoms with Crippen LogP contribution < -0.4 is 20.9 Å². The molecule has 2 aromatic rings. The predicted octanol–water partition coefficient (Wildman–Crippen LogP) is 1.96. The van der Waals surface area contributed by atoms with Gasteiger partial charge in [-0.2, -0.15) is 0 Å². The fourth-order valence-electron chi connectivity index (χ4n) is 1.73. The summed E-state index contributed by atoms with van der Waals surface area (Å²) in [7, 11) is 1.56. The fourth-order valence-corrected chi connectivity index (χ4v) is 1.73. The Hall–Kier alpha value is -2.69. The SMILES string of the molecule is COc1cc(N)ccc1OCc1ccc(C(N)=O)cc1. The quantitative estimate of drug-likeness (QED) is 0.814. The molecule has 0 radical (unpaired) electrons. The molecule has 5 heteroatoms. The maximum absolute atomic E-state index is 11.0. The molecule has 0 atom stereocenters. The van der Waals surface area contributed by atoms with Crippen LogP contribution in [0.3, 0.4) is 0 Å². The molecule has 0 saturated heterocycles. The molecule has 0 bridgehead atoms. The second-order valence-corrected chi connectivity index (χ2v) is 4.26. The lowest BCUT2D eigenvalue weighted by Gasteiger charge is -2.11. The van der Waals surface area contributed by atoms with E-state index < -0.39 is 5.91 Å². The standard InChI is InChI=1S/C15H16N2O3/c1-19-14-8-12(16)6-7-13(14)20-9-10-2-4-11(5-3-10)15(17)18/h2-8H,9,16H2,1H3,(H2,17,18). The molecule has 0 spiro atoms. The Morgan fingerprint density at radius 2 is 1.80 bits per heavy atom. The zero-order valence-electron chi connectivity index (χ0n) is 11.1. The molecule has 0 aromatic heterocycles. The normalized spacial score (nSPS) is 10.1. The van der Waals surface area contributed by atoms with Gasteiger partial charge in [-0.05, 0) is 29.8 Å². The van der Waals surface area contributed by atoms with Gasteiger partial charge in [0, 0.05) is 17.3 Å². The van der Waals surface area contributed by atoms with Crippen LogP contribution in [0.5, 0.6) is 11.5 Å². The van der Waals surface area contributed by atoms with E-state index in [9.17, 15) is 4.79 Å². The summed E-state index contributed by atoms with van der Waals surface area (Å²) in [6.45, 7) is 0.360. The van der Waals surface area contributed by atoms with Crippen molar-refractivity contribution in [2.45, 2.75) is 6.61 Å². The molecule has 20 heavy (non-hydrogen) atoms. The van der Waals surface area contributed by atoms with Crippen molar-refractivity contribution in [2.24, 2.45) is 5.73 Å². The van der Waals surface area contributed by atoms with Crippen molar-refractivity contribution in [3.63, 3.8) is 0 Å². The average molecular weight is 272 g/mol. The van der Waals surface area contributed by atoms with Crippen LogP contribution in [0.15, 0.2) is 42.5 Å². The van der Waals surface area contributed by atoms with E-state index in [0.717, 1.165) is 5.56 Å².